The van der Waals surface area contributed by atoms with E-state index >= 15 is 0 Å². The van der Waals surface area contributed by atoms with Crippen LogP contribution in [-0.4, -0.2) is 80.8 Å². The Labute approximate surface area is 229 Å². The number of alkyl carbamates (subject to hydrolysis) is 1. The smallest absolute Gasteiger partial charge is 0.408 e. The van der Waals surface area contributed by atoms with Crippen molar-refractivity contribution in [2.75, 3.05) is 31.1 Å². The first-order chi connectivity index (χ1) is 19.5. The Morgan fingerprint density at radius 2 is 1.93 bits per heavy atom. The molecule has 2 aliphatic heterocycles. The van der Waals surface area contributed by atoms with Crippen LogP contribution in [0.1, 0.15) is 24.8 Å². The fourth-order valence-corrected chi connectivity index (χ4v) is 4.71. The van der Waals surface area contributed by atoms with E-state index in [0.29, 0.717) is 55.4 Å². The predicted molar refractivity (Wildman–Crippen MR) is 145 cm³/mol. The molecule has 2 amide bonds. The highest BCUT2D eigenvalue weighted by Crippen LogP contribution is 2.27. The molecule has 1 atom stereocenters. The number of carboxylic acids is 1. The summed E-state index contributed by atoms with van der Waals surface area (Å²) in [5.74, 6) is -0.244. The molecule has 4 heterocycles. The van der Waals surface area contributed by atoms with Crippen molar-refractivity contribution in [3.8, 4) is 0 Å². The lowest BCUT2D eigenvalue weighted by molar-refractivity contribution is -0.139. The van der Waals surface area contributed by atoms with Gasteiger partial charge >= 0.3 is 12.1 Å². The van der Waals surface area contributed by atoms with Gasteiger partial charge in [0.2, 0.25) is 5.91 Å². The molecule has 0 unspecified atom stereocenters. The van der Waals surface area contributed by atoms with Crippen molar-refractivity contribution >= 4 is 40.9 Å². The third-order valence-electron chi connectivity index (χ3n) is 6.87. The molecule has 0 radical (unpaired) electrons. The number of aromatic nitrogens is 4. The topological polar surface area (TPSA) is 176 Å². The number of fused-ring (bicyclic) bond motifs is 1. The van der Waals surface area contributed by atoms with Gasteiger partial charge in [0.05, 0.1) is 12.9 Å². The van der Waals surface area contributed by atoms with Crippen molar-refractivity contribution < 1.29 is 24.2 Å². The van der Waals surface area contributed by atoms with Gasteiger partial charge in [0.1, 0.15) is 19.0 Å². The molecule has 1 saturated heterocycles. The van der Waals surface area contributed by atoms with Crippen molar-refractivity contribution in [2.24, 2.45) is 10.9 Å². The highest BCUT2D eigenvalue weighted by Gasteiger charge is 2.29. The highest BCUT2D eigenvalue weighted by molar-refractivity contribution is 5.98. The number of piperidine rings is 1. The highest BCUT2D eigenvalue weighted by atomic mass is 16.5. The number of anilines is 1. The fourth-order valence-electron chi connectivity index (χ4n) is 4.71. The predicted octanol–water partition coefficient (Wildman–Crippen LogP) is 0.888. The average molecular weight is 550 g/mol. The molecule has 1 aromatic carbocycles. The molecule has 0 saturated carbocycles. The summed E-state index contributed by atoms with van der Waals surface area (Å²) in [5, 5.41) is 18.1. The number of imidazole rings is 1. The summed E-state index contributed by atoms with van der Waals surface area (Å²) in [4.78, 5) is 56.4. The largest absolute Gasteiger partial charge is 0.480 e. The maximum atomic E-state index is 12.7. The minimum Gasteiger partial charge on any atom is -0.480 e. The van der Waals surface area contributed by atoms with Gasteiger partial charge in [-0.1, -0.05) is 30.3 Å². The first-order valence-electron chi connectivity index (χ1n) is 13.2. The molecule has 3 aromatic rings. The van der Waals surface area contributed by atoms with Crippen LogP contribution in [0.3, 0.4) is 0 Å². The van der Waals surface area contributed by atoms with Crippen LogP contribution in [0.2, 0.25) is 0 Å². The Morgan fingerprint density at radius 1 is 1.12 bits per heavy atom. The van der Waals surface area contributed by atoms with Crippen molar-refractivity contribution in [1.29, 1.82) is 0 Å². The molecule has 210 valence electrons. The molecular formula is C26H31N9O5. The van der Waals surface area contributed by atoms with Crippen LogP contribution in [-0.2, 0) is 27.5 Å². The summed E-state index contributed by atoms with van der Waals surface area (Å²) in [6.45, 7) is 2.62. The summed E-state index contributed by atoms with van der Waals surface area (Å²) in [6, 6.07) is 7.83. The van der Waals surface area contributed by atoms with Gasteiger partial charge in [-0.2, -0.15) is 0 Å². The number of benzene rings is 1. The zero-order valence-corrected chi connectivity index (χ0v) is 21.8. The number of hydrogen-bond acceptors (Lipinski definition) is 10. The van der Waals surface area contributed by atoms with Gasteiger partial charge in [-0.3, -0.25) is 15.1 Å². The van der Waals surface area contributed by atoms with E-state index in [9.17, 15) is 19.5 Å². The molecule has 14 nitrogen and oxygen atoms in total. The lowest BCUT2D eigenvalue weighted by Gasteiger charge is -2.32. The third kappa shape index (κ3) is 6.45. The van der Waals surface area contributed by atoms with Crippen LogP contribution >= 0.6 is 0 Å². The fraction of sp³-hybridized carbons (Fsp3) is 0.423. The van der Waals surface area contributed by atoms with E-state index in [-0.39, 0.29) is 25.0 Å². The van der Waals surface area contributed by atoms with Crippen LogP contribution in [0, 0.1) is 5.92 Å². The summed E-state index contributed by atoms with van der Waals surface area (Å²) in [5.41, 5.74) is 1.74. The number of carboxylic acid groups (broad SMARTS) is 1. The number of rotatable bonds is 8. The normalized spacial score (nSPS) is 16.5. The summed E-state index contributed by atoms with van der Waals surface area (Å²) < 4.78 is 6.74. The third-order valence-corrected chi connectivity index (χ3v) is 6.87. The number of aliphatic imine (C=N–C) groups is 1. The Morgan fingerprint density at radius 3 is 2.65 bits per heavy atom. The lowest BCUT2D eigenvalue weighted by atomic mass is 9.96. The van der Waals surface area contributed by atoms with E-state index in [4.69, 9.17) is 4.74 Å². The zero-order chi connectivity index (χ0) is 27.9. The standard InChI is InChI=1S/C26H31N9O5/c36-23(33-25-27-9-4-10-28-25)18-7-11-34(12-8-18)21-20-22(30-15-29-21)35(16-31-20)13-19(24(37)38)32-26(39)40-14-17-5-2-1-3-6-17/h1-3,5-6,15-16,18-19H,4,7-14H2,(H,32,39)(H,37,38)(H2,27,28,33,36)/t19-/m0/s1. The molecule has 0 aliphatic carbocycles. The molecule has 1 fully saturated rings. The monoisotopic (exact) mass is 549 g/mol. The van der Waals surface area contributed by atoms with Gasteiger partial charge in [0.25, 0.3) is 0 Å². The Kier molecular flexibility index (Phi) is 8.32. The summed E-state index contributed by atoms with van der Waals surface area (Å²) in [7, 11) is 0. The van der Waals surface area contributed by atoms with E-state index in [1.165, 1.54) is 12.7 Å². The van der Waals surface area contributed by atoms with Crippen LogP contribution in [0.25, 0.3) is 11.2 Å². The molecule has 4 N–H and O–H groups in total. The van der Waals surface area contributed by atoms with E-state index in [2.05, 4.69) is 40.8 Å². The molecule has 5 rings (SSSR count). The summed E-state index contributed by atoms with van der Waals surface area (Å²) in [6.07, 6.45) is 4.28. The van der Waals surface area contributed by atoms with Crippen LogP contribution in [0.15, 0.2) is 48.0 Å². The van der Waals surface area contributed by atoms with E-state index in [1.54, 1.807) is 16.7 Å². The second kappa shape index (κ2) is 12.4. The minimum atomic E-state index is -1.27. The number of nitrogens with one attached hydrogen (secondary N) is 3. The number of carbonyl (C=O) groups excluding carboxylic acids is 2. The lowest BCUT2D eigenvalue weighted by Crippen LogP contribution is -2.48. The first kappa shape index (κ1) is 26.8. The maximum Gasteiger partial charge on any atom is 0.408 e. The van der Waals surface area contributed by atoms with Gasteiger partial charge in [-0.25, -0.2) is 24.5 Å². The van der Waals surface area contributed by atoms with Gasteiger partial charge in [-0.15, -0.1) is 0 Å². The SMILES string of the molecule is O=C(N[C@@H](Cn1cnc2c(N3CCC(C(=O)NC4=NCCCN4)CC3)ncnc21)C(=O)O)OCc1ccccc1. The van der Waals surface area contributed by atoms with Gasteiger partial charge in [-0.05, 0) is 24.8 Å². The number of aliphatic carboxylic acids is 1. The number of guanidine groups is 1. The van der Waals surface area contributed by atoms with Crippen molar-refractivity contribution in [3.63, 3.8) is 0 Å². The number of hydrogen-bond donors (Lipinski definition) is 4. The average Bonchev–Trinajstić information content (AvgIpc) is 3.40. The van der Waals surface area contributed by atoms with Gasteiger partial charge in [0.15, 0.2) is 22.9 Å². The van der Waals surface area contributed by atoms with E-state index in [1.807, 2.05) is 18.2 Å². The molecule has 0 spiro atoms. The van der Waals surface area contributed by atoms with Gasteiger partial charge < -0.3 is 29.9 Å². The molecule has 40 heavy (non-hydrogen) atoms. The minimum absolute atomic E-state index is 0.0214. The number of carbonyl (C=O) groups is 3. The molecule has 14 heteroatoms. The van der Waals surface area contributed by atoms with Crippen molar-refractivity contribution in [1.82, 2.24) is 35.5 Å². The molecule has 0 bridgehead atoms. The van der Waals surface area contributed by atoms with E-state index in [0.717, 1.165) is 18.5 Å². The van der Waals surface area contributed by atoms with Crippen molar-refractivity contribution in [2.45, 2.75) is 38.5 Å². The Bertz CT molecular complexity index is 1390. The number of ether oxygens (including phenoxy) is 1. The van der Waals surface area contributed by atoms with Crippen LogP contribution in [0.5, 0.6) is 0 Å². The first-order valence-corrected chi connectivity index (χ1v) is 13.2. The summed E-state index contributed by atoms with van der Waals surface area (Å²) >= 11 is 0. The van der Waals surface area contributed by atoms with Gasteiger partial charge in [0, 0.05) is 32.1 Å². The number of nitrogens with zero attached hydrogens (tertiary/aromatic N) is 6. The molecular weight excluding hydrogens is 518 g/mol. The second-order valence-corrected chi connectivity index (χ2v) is 9.62. The van der Waals surface area contributed by atoms with Crippen LogP contribution < -0.4 is 20.9 Å². The van der Waals surface area contributed by atoms with E-state index < -0.39 is 18.1 Å². The maximum absolute atomic E-state index is 12.7. The zero-order valence-electron chi connectivity index (χ0n) is 21.8. The Balaban J connectivity index is 1.20. The second-order valence-electron chi connectivity index (χ2n) is 9.62. The quantitative estimate of drug-likeness (QED) is 0.316. The molecule has 2 aromatic heterocycles. The molecule has 2 aliphatic rings. The number of amides is 2. The van der Waals surface area contributed by atoms with Crippen LogP contribution in [0.4, 0.5) is 10.6 Å². The Hall–Kier alpha value is -4.75. The van der Waals surface area contributed by atoms with Crippen molar-refractivity contribution in [3.05, 3.63) is 48.5 Å².